The van der Waals surface area contributed by atoms with E-state index in [4.69, 9.17) is 23.2 Å². The van der Waals surface area contributed by atoms with Crippen molar-refractivity contribution in [1.82, 2.24) is 5.32 Å². The van der Waals surface area contributed by atoms with Gasteiger partial charge in [-0.15, -0.1) is 0 Å². The number of benzene rings is 2. The number of nitrogens with zero attached hydrogens (tertiary/aromatic N) is 1. The van der Waals surface area contributed by atoms with Crippen LogP contribution >= 0.6 is 23.2 Å². The van der Waals surface area contributed by atoms with Crippen LogP contribution < -0.4 is 9.62 Å². The molecule has 0 spiro atoms. The lowest BCUT2D eigenvalue weighted by molar-refractivity contribution is -0.121. The van der Waals surface area contributed by atoms with E-state index in [1.807, 2.05) is 25.1 Å². The molecule has 0 radical (unpaired) electrons. The molecule has 8 heteroatoms. The van der Waals surface area contributed by atoms with E-state index in [2.05, 4.69) is 17.4 Å². The number of hydrogen-bond acceptors (Lipinski definition) is 3. The minimum atomic E-state index is -3.56. The Labute approximate surface area is 183 Å². The summed E-state index contributed by atoms with van der Waals surface area (Å²) in [4.78, 5) is 12.2. The highest BCUT2D eigenvalue weighted by atomic mass is 35.5. The van der Waals surface area contributed by atoms with Crippen molar-refractivity contribution in [2.75, 3.05) is 17.1 Å². The number of carbonyl (C=O) groups excluding carboxylic acids is 1. The molecule has 0 aliphatic carbocycles. The summed E-state index contributed by atoms with van der Waals surface area (Å²) in [6, 6.07) is 14.8. The van der Waals surface area contributed by atoms with E-state index in [1.165, 1.54) is 15.9 Å². The summed E-state index contributed by atoms with van der Waals surface area (Å²) in [7, 11) is -3.56. The van der Waals surface area contributed by atoms with Crippen LogP contribution in [0.25, 0.3) is 0 Å². The van der Waals surface area contributed by atoms with E-state index < -0.39 is 10.0 Å². The Morgan fingerprint density at radius 1 is 1.14 bits per heavy atom. The van der Waals surface area contributed by atoms with E-state index in [9.17, 15) is 13.2 Å². The third-order valence-electron chi connectivity index (χ3n) is 4.46. The average molecular weight is 457 g/mol. The van der Waals surface area contributed by atoms with Gasteiger partial charge in [-0.2, -0.15) is 0 Å². The fraction of sp³-hybridized carbons (Fsp3) is 0.381. The topological polar surface area (TPSA) is 66.5 Å². The number of nitrogens with one attached hydrogen (secondary N) is 1. The Morgan fingerprint density at radius 2 is 1.83 bits per heavy atom. The number of sulfonamides is 1. The minimum Gasteiger partial charge on any atom is -0.354 e. The standard InChI is InChI=1S/C21H26Cl2N2O3S/c1-16(10-11-17-7-4-3-5-8-17)24-21(26)9-6-14-25(29(2,27)28)20-15-18(22)12-13-19(20)23/h3-5,7-8,12-13,15-16H,6,9-11,14H2,1-2H3,(H,24,26)/t16-/m0/s1. The van der Waals surface area contributed by atoms with Crippen LogP contribution in [0.15, 0.2) is 48.5 Å². The summed E-state index contributed by atoms with van der Waals surface area (Å²) in [5, 5.41) is 3.65. The molecule has 1 amide bonds. The Bertz CT molecular complexity index is 921. The molecule has 29 heavy (non-hydrogen) atoms. The molecule has 2 rings (SSSR count). The highest BCUT2D eigenvalue weighted by molar-refractivity contribution is 7.92. The minimum absolute atomic E-state index is 0.0380. The van der Waals surface area contributed by atoms with Gasteiger partial charge in [0.05, 0.1) is 17.0 Å². The monoisotopic (exact) mass is 456 g/mol. The van der Waals surface area contributed by atoms with Crippen molar-refractivity contribution in [2.45, 2.75) is 38.6 Å². The molecule has 0 aliphatic heterocycles. The van der Waals surface area contributed by atoms with E-state index in [0.29, 0.717) is 22.2 Å². The molecule has 2 aromatic carbocycles. The smallest absolute Gasteiger partial charge is 0.232 e. The summed E-state index contributed by atoms with van der Waals surface area (Å²) in [6.07, 6.45) is 3.42. The normalized spacial score (nSPS) is 12.4. The molecule has 1 N–H and O–H groups in total. The molecule has 0 unspecified atom stereocenters. The van der Waals surface area contributed by atoms with Crippen molar-refractivity contribution in [2.24, 2.45) is 0 Å². The fourth-order valence-electron chi connectivity index (χ4n) is 2.97. The van der Waals surface area contributed by atoms with E-state index >= 15 is 0 Å². The van der Waals surface area contributed by atoms with Gasteiger partial charge in [-0.05, 0) is 49.9 Å². The molecule has 0 saturated heterocycles. The van der Waals surface area contributed by atoms with Gasteiger partial charge in [0.25, 0.3) is 0 Å². The highest BCUT2D eigenvalue weighted by Crippen LogP contribution is 2.30. The molecule has 2 aromatic rings. The van der Waals surface area contributed by atoms with Crippen molar-refractivity contribution >= 4 is 44.8 Å². The molecule has 0 bridgehead atoms. The third-order valence-corrected chi connectivity index (χ3v) is 6.19. The van der Waals surface area contributed by atoms with Gasteiger partial charge >= 0.3 is 0 Å². The lowest BCUT2D eigenvalue weighted by Crippen LogP contribution is -2.35. The number of rotatable bonds is 10. The summed E-state index contributed by atoms with van der Waals surface area (Å²) in [6.45, 7) is 2.11. The van der Waals surface area contributed by atoms with Crippen LogP contribution in [0.4, 0.5) is 5.69 Å². The number of hydrogen-bond donors (Lipinski definition) is 1. The van der Waals surface area contributed by atoms with Crippen molar-refractivity contribution in [3.05, 3.63) is 64.1 Å². The molecule has 0 saturated carbocycles. The first kappa shape index (κ1) is 23.5. The zero-order chi connectivity index (χ0) is 21.4. The Kier molecular flexibility index (Phi) is 8.80. The first-order valence-corrected chi connectivity index (χ1v) is 12.0. The predicted octanol–water partition coefficient (Wildman–Crippen LogP) is 4.68. The Morgan fingerprint density at radius 3 is 2.48 bits per heavy atom. The van der Waals surface area contributed by atoms with Gasteiger partial charge in [-0.3, -0.25) is 9.10 Å². The SMILES string of the molecule is C[C@@H](CCc1ccccc1)NC(=O)CCCN(c1cc(Cl)ccc1Cl)S(C)(=O)=O. The number of anilines is 1. The lowest BCUT2D eigenvalue weighted by atomic mass is 10.1. The number of amides is 1. The average Bonchev–Trinajstić information content (AvgIpc) is 2.65. The molecule has 0 fully saturated rings. The van der Waals surface area contributed by atoms with E-state index in [1.54, 1.807) is 12.1 Å². The van der Waals surface area contributed by atoms with Gasteiger partial charge in [0.1, 0.15) is 0 Å². The van der Waals surface area contributed by atoms with Crippen LogP contribution in [-0.4, -0.2) is 33.2 Å². The van der Waals surface area contributed by atoms with Crippen molar-refractivity contribution < 1.29 is 13.2 Å². The summed E-state index contributed by atoms with van der Waals surface area (Å²) in [5.41, 5.74) is 1.55. The zero-order valence-electron chi connectivity index (χ0n) is 16.6. The van der Waals surface area contributed by atoms with Crippen LogP contribution in [0.1, 0.15) is 31.7 Å². The van der Waals surface area contributed by atoms with E-state index in [0.717, 1.165) is 19.1 Å². The molecule has 1 atom stereocenters. The van der Waals surface area contributed by atoms with Gasteiger partial charge in [0.15, 0.2) is 0 Å². The maximum Gasteiger partial charge on any atom is 0.232 e. The van der Waals surface area contributed by atoms with Gasteiger partial charge in [0.2, 0.25) is 15.9 Å². The first-order valence-electron chi connectivity index (χ1n) is 9.43. The van der Waals surface area contributed by atoms with Crippen LogP contribution in [0.5, 0.6) is 0 Å². The molecule has 0 heterocycles. The van der Waals surface area contributed by atoms with Crippen LogP contribution in [0.2, 0.25) is 10.0 Å². The van der Waals surface area contributed by atoms with Gasteiger partial charge in [-0.25, -0.2) is 8.42 Å². The van der Waals surface area contributed by atoms with Crippen molar-refractivity contribution in [3.63, 3.8) is 0 Å². The van der Waals surface area contributed by atoms with Crippen molar-refractivity contribution in [3.8, 4) is 0 Å². The zero-order valence-corrected chi connectivity index (χ0v) is 18.9. The largest absolute Gasteiger partial charge is 0.354 e. The first-order chi connectivity index (χ1) is 13.7. The maximum absolute atomic E-state index is 12.2. The van der Waals surface area contributed by atoms with Crippen LogP contribution in [-0.2, 0) is 21.2 Å². The maximum atomic E-state index is 12.2. The van der Waals surface area contributed by atoms with Crippen LogP contribution in [0.3, 0.4) is 0 Å². The molecule has 158 valence electrons. The quantitative estimate of drug-likeness (QED) is 0.564. The second-order valence-electron chi connectivity index (χ2n) is 7.03. The van der Waals surface area contributed by atoms with Gasteiger partial charge in [-0.1, -0.05) is 53.5 Å². The molecule has 5 nitrogen and oxygen atoms in total. The Hall–Kier alpha value is -1.76. The lowest BCUT2D eigenvalue weighted by Gasteiger charge is -2.23. The molecule has 0 aromatic heterocycles. The van der Waals surface area contributed by atoms with Crippen molar-refractivity contribution in [1.29, 1.82) is 0 Å². The second-order valence-corrected chi connectivity index (χ2v) is 9.78. The van der Waals surface area contributed by atoms with Crippen LogP contribution in [0, 0.1) is 0 Å². The molecular weight excluding hydrogens is 431 g/mol. The number of halogens is 2. The second kappa shape index (κ2) is 10.9. The van der Waals surface area contributed by atoms with Gasteiger partial charge in [0, 0.05) is 24.0 Å². The third kappa shape index (κ3) is 7.88. The summed E-state index contributed by atoms with van der Waals surface area (Å²) < 4.78 is 25.6. The van der Waals surface area contributed by atoms with Gasteiger partial charge < -0.3 is 5.32 Å². The Balaban J connectivity index is 1.85. The predicted molar refractivity (Wildman–Crippen MR) is 120 cm³/mol. The molecular formula is C21H26Cl2N2O3S. The fourth-order valence-corrected chi connectivity index (χ4v) is 4.38. The number of aryl methyl sites for hydroxylation is 1. The highest BCUT2D eigenvalue weighted by Gasteiger charge is 2.20. The number of carbonyl (C=O) groups is 1. The summed E-state index contributed by atoms with van der Waals surface area (Å²) >= 11 is 12.1. The summed E-state index contributed by atoms with van der Waals surface area (Å²) in [5.74, 6) is -0.101. The van der Waals surface area contributed by atoms with E-state index in [-0.39, 0.29) is 24.9 Å². The molecule has 0 aliphatic rings.